The van der Waals surface area contributed by atoms with Gasteiger partial charge in [-0.25, -0.2) is 9.97 Å². The first-order chi connectivity index (χ1) is 10.2. The molecule has 1 fully saturated rings. The summed E-state index contributed by atoms with van der Waals surface area (Å²) in [4.78, 5) is 8.97. The monoisotopic (exact) mass is 282 g/mol. The van der Waals surface area contributed by atoms with Crippen molar-refractivity contribution in [2.75, 3.05) is 10.6 Å². The Balaban J connectivity index is 1.77. The molecule has 3 rings (SSSR count). The van der Waals surface area contributed by atoms with Gasteiger partial charge in [-0.2, -0.15) is 0 Å². The Bertz CT molecular complexity index is 618. The SMILES string of the molecule is Cc1cccc(Nc2cc(NC3CCCC3)nc(C)n2)c1. The number of anilines is 3. The van der Waals surface area contributed by atoms with E-state index in [4.69, 9.17) is 0 Å². The molecule has 1 heterocycles. The fraction of sp³-hybridized carbons (Fsp3) is 0.412. The van der Waals surface area contributed by atoms with Crippen LogP contribution in [-0.2, 0) is 0 Å². The van der Waals surface area contributed by atoms with E-state index in [9.17, 15) is 0 Å². The first-order valence-electron chi connectivity index (χ1n) is 7.65. The average molecular weight is 282 g/mol. The minimum Gasteiger partial charge on any atom is -0.367 e. The Morgan fingerprint density at radius 2 is 1.76 bits per heavy atom. The second-order valence-corrected chi connectivity index (χ2v) is 5.81. The van der Waals surface area contributed by atoms with E-state index in [1.165, 1.54) is 31.2 Å². The van der Waals surface area contributed by atoms with E-state index in [2.05, 4.69) is 45.7 Å². The molecule has 1 aliphatic carbocycles. The van der Waals surface area contributed by atoms with Crippen molar-refractivity contribution in [2.24, 2.45) is 0 Å². The van der Waals surface area contributed by atoms with Gasteiger partial charge in [0.2, 0.25) is 0 Å². The number of nitrogens with zero attached hydrogens (tertiary/aromatic N) is 2. The fourth-order valence-corrected chi connectivity index (χ4v) is 2.86. The van der Waals surface area contributed by atoms with Crippen LogP contribution in [0.15, 0.2) is 30.3 Å². The molecule has 0 radical (unpaired) electrons. The highest BCUT2D eigenvalue weighted by atomic mass is 15.1. The van der Waals surface area contributed by atoms with Gasteiger partial charge in [-0.05, 0) is 44.4 Å². The minimum atomic E-state index is 0.561. The molecule has 1 aliphatic rings. The van der Waals surface area contributed by atoms with Gasteiger partial charge < -0.3 is 10.6 Å². The summed E-state index contributed by atoms with van der Waals surface area (Å²) in [7, 11) is 0. The van der Waals surface area contributed by atoms with Crippen LogP contribution < -0.4 is 10.6 Å². The number of hydrogen-bond donors (Lipinski definition) is 2. The van der Waals surface area contributed by atoms with Crippen LogP contribution in [0.3, 0.4) is 0 Å². The second-order valence-electron chi connectivity index (χ2n) is 5.81. The zero-order chi connectivity index (χ0) is 14.7. The lowest BCUT2D eigenvalue weighted by atomic mass is 10.2. The molecule has 0 bridgehead atoms. The molecular formula is C17H22N4. The maximum Gasteiger partial charge on any atom is 0.136 e. The molecule has 0 aliphatic heterocycles. The van der Waals surface area contributed by atoms with Gasteiger partial charge in [-0.3, -0.25) is 0 Å². The molecule has 0 spiro atoms. The average Bonchev–Trinajstić information content (AvgIpc) is 2.90. The summed E-state index contributed by atoms with van der Waals surface area (Å²) in [6.07, 6.45) is 5.11. The van der Waals surface area contributed by atoms with E-state index in [0.29, 0.717) is 6.04 Å². The smallest absolute Gasteiger partial charge is 0.136 e. The summed E-state index contributed by atoms with van der Waals surface area (Å²) in [5.41, 5.74) is 2.29. The van der Waals surface area contributed by atoms with Crippen LogP contribution in [-0.4, -0.2) is 16.0 Å². The molecule has 2 aromatic rings. The summed E-state index contributed by atoms with van der Waals surface area (Å²) in [5.74, 6) is 2.55. The van der Waals surface area contributed by atoms with Gasteiger partial charge >= 0.3 is 0 Å². The van der Waals surface area contributed by atoms with Crippen LogP contribution in [0.25, 0.3) is 0 Å². The zero-order valence-corrected chi connectivity index (χ0v) is 12.7. The topological polar surface area (TPSA) is 49.8 Å². The van der Waals surface area contributed by atoms with Gasteiger partial charge in [-0.1, -0.05) is 25.0 Å². The van der Waals surface area contributed by atoms with Crippen molar-refractivity contribution >= 4 is 17.3 Å². The lowest BCUT2D eigenvalue weighted by Gasteiger charge is -2.14. The fourth-order valence-electron chi connectivity index (χ4n) is 2.86. The highest BCUT2D eigenvalue weighted by Crippen LogP contribution is 2.23. The van der Waals surface area contributed by atoms with Crippen molar-refractivity contribution in [2.45, 2.75) is 45.6 Å². The molecule has 4 nitrogen and oxygen atoms in total. The molecule has 1 aromatic heterocycles. The second kappa shape index (κ2) is 6.12. The highest BCUT2D eigenvalue weighted by molar-refractivity contribution is 5.60. The van der Waals surface area contributed by atoms with E-state index in [0.717, 1.165) is 23.1 Å². The van der Waals surface area contributed by atoms with Crippen LogP contribution >= 0.6 is 0 Å². The van der Waals surface area contributed by atoms with Crippen LogP contribution in [0, 0.1) is 13.8 Å². The Hall–Kier alpha value is -2.10. The molecule has 0 amide bonds. The van der Waals surface area contributed by atoms with Gasteiger partial charge in [0.1, 0.15) is 17.5 Å². The number of rotatable bonds is 4. The third-order valence-corrected chi connectivity index (χ3v) is 3.84. The number of benzene rings is 1. The summed E-state index contributed by atoms with van der Waals surface area (Å²) >= 11 is 0. The molecule has 2 N–H and O–H groups in total. The first kappa shape index (κ1) is 13.9. The molecule has 110 valence electrons. The number of aromatic nitrogens is 2. The summed E-state index contributed by atoms with van der Waals surface area (Å²) in [6, 6.07) is 10.8. The predicted molar refractivity (Wildman–Crippen MR) is 87.1 cm³/mol. The number of hydrogen-bond acceptors (Lipinski definition) is 4. The third kappa shape index (κ3) is 3.72. The predicted octanol–water partition coefficient (Wildman–Crippen LogP) is 4.19. The van der Waals surface area contributed by atoms with E-state index in [1.807, 2.05) is 19.1 Å². The standard InChI is InChI=1S/C17H22N4/c1-12-6-5-9-15(10-12)21-17-11-16(18-13(2)19-17)20-14-7-3-4-8-14/h5-6,9-11,14H,3-4,7-8H2,1-2H3,(H2,18,19,20,21). The van der Waals surface area contributed by atoms with Crippen LogP contribution in [0.4, 0.5) is 17.3 Å². The number of aryl methyl sites for hydroxylation is 2. The Kier molecular flexibility index (Phi) is 4.04. The summed E-state index contributed by atoms with van der Waals surface area (Å²) in [5, 5.41) is 6.89. The summed E-state index contributed by atoms with van der Waals surface area (Å²) < 4.78 is 0. The van der Waals surface area contributed by atoms with Crippen LogP contribution in [0.2, 0.25) is 0 Å². The largest absolute Gasteiger partial charge is 0.367 e. The highest BCUT2D eigenvalue weighted by Gasteiger charge is 2.15. The lowest BCUT2D eigenvalue weighted by Crippen LogP contribution is -2.16. The van der Waals surface area contributed by atoms with Gasteiger partial charge in [0.15, 0.2) is 0 Å². The molecule has 1 aromatic carbocycles. The van der Waals surface area contributed by atoms with Crippen molar-refractivity contribution in [3.63, 3.8) is 0 Å². The van der Waals surface area contributed by atoms with Crippen molar-refractivity contribution in [3.05, 3.63) is 41.7 Å². The Morgan fingerprint density at radius 3 is 2.52 bits per heavy atom. The number of nitrogens with one attached hydrogen (secondary N) is 2. The van der Waals surface area contributed by atoms with E-state index >= 15 is 0 Å². The molecule has 0 saturated heterocycles. The maximum atomic E-state index is 4.49. The normalized spacial score (nSPS) is 15.1. The Morgan fingerprint density at radius 1 is 1.00 bits per heavy atom. The third-order valence-electron chi connectivity index (χ3n) is 3.84. The quantitative estimate of drug-likeness (QED) is 0.882. The van der Waals surface area contributed by atoms with Gasteiger partial charge in [0.25, 0.3) is 0 Å². The zero-order valence-electron chi connectivity index (χ0n) is 12.7. The van der Waals surface area contributed by atoms with Crippen molar-refractivity contribution < 1.29 is 0 Å². The molecule has 4 heteroatoms. The molecule has 21 heavy (non-hydrogen) atoms. The lowest BCUT2D eigenvalue weighted by molar-refractivity contribution is 0.748. The minimum absolute atomic E-state index is 0.561. The Labute approximate surface area is 126 Å². The van der Waals surface area contributed by atoms with Crippen LogP contribution in [0.5, 0.6) is 0 Å². The maximum absolute atomic E-state index is 4.49. The summed E-state index contributed by atoms with van der Waals surface area (Å²) in [6.45, 7) is 4.02. The van der Waals surface area contributed by atoms with Crippen LogP contribution in [0.1, 0.15) is 37.1 Å². The van der Waals surface area contributed by atoms with E-state index in [1.54, 1.807) is 0 Å². The van der Waals surface area contributed by atoms with Gasteiger partial charge in [0, 0.05) is 17.8 Å². The van der Waals surface area contributed by atoms with Crippen molar-refractivity contribution in [1.82, 2.24) is 9.97 Å². The van der Waals surface area contributed by atoms with Gasteiger partial charge in [0.05, 0.1) is 0 Å². The van der Waals surface area contributed by atoms with E-state index < -0.39 is 0 Å². The molecule has 0 unspecified atom stereocenters. The molecule has 1 saturated carbocycles. The van der Waals surface area contributed by atoms with Crippen molar-refractivity contribution in [1.29, 1.82) is 0 Å². The van der Waals surface area contributed by atoms with Crippen molar-refractivity contribution in [3.8, 4) is 0 Å². The van der Waals surface area contributed by atoms with E-state index in [-0.39, 0.29) is 0 Å². The van der Waals surface area contributed by atoms with Gasteiger partial charge in [-0.15, -0.1) is 0 Å². The molecule has 0 atom stereocenters. The first-order valence-corrected chi connectivity index (χ1v) is 7.65. The molecular weight excluding hydrogens is 260 g/mol.